The summed E-state index contributed by atoms with van der Waals surface area (Å²) >= 11 is 0. The molecule has 1 aliphatic rings. The standard InChI is InChI=1S/C16H24N2O3S/c1-13(14-8-4-3-5-9-14)17-16(19)12-18(22(2,20)21)15-10-6-7-11-15/h3-5,8-9,13,15H,6-7,10-12H2,1-2H3,(H,17,19). The third kappa shape index (κ3) is 4.55. The Morgan fingerprint density at radius 1 is 1.27 bits per heavy atom. The summed E-state index contributed by atoms with van der Waals surface area (Å²) in [6.45, 7) is 1.80. The normalized spacial score (nSPS) is 17.6. The molecule has 5 nitrogen and oxygen atoms in total. The molecule has 0 saturated heterocycles. The van der Waals surface area contributed by atoms with Gasteiger partial charge in [0.2, 0.25) is 15.9 Å². The molecule has 22 heavy (non-hydrogen) atoms. The molecule has 0 spiro atoms. The first kappa shape index (κ1) is 17.0. The van der Waals surface area contributed by atoms with Gasteiger partial charge in [-0.1, -0.05) is 43.2 Å². The van der Waals surface area contributed by atoms with E-state index in [1.165, 1.54) is 10.6 Å². The maximum Gasteiger partial charge on any atom is 0.235 e. The third-order valence-electron chi connectivity index (χ3n) is 4.13. The van der Waals surface area contributed by atoms with Gasteiger partial charge in [-0.15, -0.1) is 0 Å². The summed E-state index contributed by atoms with van der Waals surface area (Å²) in [5.41, 5.74) is 1.00. The number of benzene rings is 1. The van der Waals surface area contributed by atoms with Crippen molar-refractivity contribution >= 4 is 15.9 Å². The van der Waals surface area contributed by atoms with Crippen LogP contribution < -0.4 is 5.32 Å². The molecule has 1 atom stereocenters. The van der Waals surface area contributed by atoms with Gasteiger partial charge >= 0.3 is 0 Å². The summed E-state index contributed by atoms with van der Waals surface area (Å²) in [5.74, 6) is -0.256. The molecular weight excluding hydrogens is 300 g/mol. The van der Waals surface area contributed by atoms with Crippen LogP contribution in [0.2, 0.25) is 0 Å². The molecule has 1 saturated carbocycles. The van der Waals surface area contributed by atoms with E-state index < -0.39 is 10.0 Å². The van der Waals surface area contributed by atoms with Crippen molar-refractivity contribution in [2.45, 2.75) is 44.7 Å². The summed E-state index contributed by atoms with van der Waals surface area (Å²) in [6.07, 6.45) is 4.92. The van der Waals surface area contributed by atoms with Crippen LogP contribution in [0.1, 0.15) is 44.2 Å². The molecule has 1 aromatic carbocycles. The lowest BCUT2D eigenvalue weighted by atomic mass is 10.1. The Bertz CT molecular complexity index is 595. The van der Waals surface area contributed by atoms with Gasteiger partial charge in [0.1, 0.15) is 0 Å². The SMILES string of the molecule is CC(NC(=O)CN(C1CCCC1)S(C)(=O)=O)c1ccccc1. The van der Waals surface area contributed by atoms with Gasteiger partial charge in [-0.2, -0.15) is 4.31 Å². The highest BCUT2D eigenvalue weighted by atomic mass is 32.2. The van der Waals surface area contributed by atoms with Crippen molar-refractivity contribution in [3.63, 3.8) is 0 Å². The van der Waals surface area contributed by atoms with Crippen LogP contribution in [0.15, 0.2) is 30.3 Å². The van der Waals surface area contributed by atoms with Crippen molar-refractivity contribution in [3.05, 3.63) is 35.9 Å². The minimum atomic E-state index is -3.37. The zero-order valence-corrected chi connectivity index (χ0v) is 14.0. The predicted octanol–water partition coefficient (Wildman–Crippen LogP) is 2.07. The fourth-order valence-electron chi connectivity index (χ4n) is 2.96. The van der Waals surface area contributed by atoms with E-state index in [9.17, 15) is 13.2 Å². The Hall–Kier alpha value is -1.40. The number of hydrogen-bond donors (Lipinski definition) is 1. The van der Waals surface area contributed by atoms with Crippen LogP contribution in [0.3, 0.4) is 0 Å². The second kappa shape index (κ2) is 7.24. The molecule has 1 N–H and O–H groups in total. The fraction of sp³-hybridized carbons (Fsp3) is 0.562. The Kier molecular flexibility index (Phi) is 5.58. The van der Waals surface area contributed by atoms with Crippen molar-refractivity contribution in [2.24, 2.45) is 0 Å². The summed E-state index contributed by atoms with van der Waals surface area (Å²) in [5, 5.41) is 2.88. The quantitative estimate of drug-likeness (QED) is 0.871. The van der Waals surface area contributed by atoms with Crippen molar-refractivity contribution < 1.29 is 13.2 Å². The van der Waals surface area contributed by atoms with Gasteiger partial charge in [-0.3, -0.25) is 4.79 Å². The molecule has 0 aromatic heterocycles. The van der Waals surface area contributed by atoms with E-state index in [4.69, 9.17) is 0 Å². The summed E-state index contributed by atoms with van der Waals surface area (Å²) in [6, 6.07) is 9.46. The minimum Gasteiger partial charge on any atom is -0.348 e. The molecule has 1 fully saturated rings. The third-order valence-corrected chi connectivity index (χ3v) is 5.41. The topological polar surface area (TPSA) is 66.5 Å². The minimum absolute atomic E-state index is 0.0345. The monoisotopic (exact) mass is 324 g/mol. The molecule has 0 bridgehead atoms. The molecule has 6 heteroatoms. The lowest BCUT2D eigenvalue weighted by Crippen LogP contribution is -2.45. The van der Waals surface area contributed by atoms with E-state index in [0.717, 1.165) is 31.2 Å². The number of nitrogens with one attached hydrogen (secondary N) is 1. The van der Waals surface area contributed by atoms with Crippen LogP contribution in [0.25, 0.3) is 0 Å². The Labute approximate surface area is 132 Å². The number of sulfonamides is 1. The molecule has 2 rings (SSSR count). The molecule has 122 valence electrons. The van der Waals surface area contributed by atoms with Crippen LogP contribution in [-0.4, -0.2) is 37.5 Å². The molecular formula is C16H24N2O3S. The largest absolute Gasteiger partial charge is 0.348 e. The summed E-state index contributed by atoms with van der Waals surface area (Å²) < 4.78 is 25.3. The molecule has 1 aliphatic carbocycles. The highest BCUT2D eigenvalue weighted by molar-refractivity contribution is 7.88. The van der Waals surface area contributed by atoms with E-state index in [1.54, 1.807) is 0 Å². The Morgan fingerprint density at radius 2 is 1.86 bits per heavy atom. The van der Waals surface area contributed by atoms with Crippen molar-refractivity contribution in [3.8, 4) is 0 Å². The van der Waals surface area contributed by atoms with Crippen molar-refractivity contribution in [1.82, 2.24) is 9.62 Å². The second-order valence-corrected chi connectivity index (χ2v) is 7.88. The first-order valence-corrected chi connectivity index (χ1v) is 9.54. The maximum atomic E-state index is 12.2. The Morgan fingerprint density at radius 3 is 2.41 bits per heavy atom. The van der Waals surface area contributed by atoms with E-state index in [0.29, 0.717) is 0 Å². The van der Waals surface area contributed by atoms with Gasteiger partial charge in [0, 0.05) is 6.04 Å². The van der Waals surface area contributed by atoms with E-state index in [1.807, 2.05) is 37.3 Å². The van der Waals surface area contributed by atoms with Crippen LogP contribution in [0.4, 0.5) is 0 Å². The molecule has 0 aliphatic heterocycles. The average molecular weight is 324 g/mol. The van der Waals surface area contributed by atoms with Crippen LogP contribution in [0, 0.1) is 0 Å². The van der Waals surface area contributed by atoms with E-state index in [2.05, 4.69) is 5.32 Å². The highest BCUT2D eigenvalue weighted by Gasteiger charge is 2.31. The van der Waals surface area contributed by atoms with Gasteiger partial charge in [0.25, 0.3) is 0 Å². The number of hydrogen-bond acceptors (Lipinski definition) is 3. The fourth-order valence-corrected chi connectivity index (χ4v) is 4.07. The van der Waals surface area contributed by atoms with Gasteiger partial charge in [-0.25, -0.2) is 8.42 Å². The molecule has 1 amide bonds. The average Bonchev–Trinajstić information content (AvgIpc) is 2.98. The number of nitrogens with zero attached hydrogens (tertiary/aromatic N) is 1. The first-order valence-electron chi connectivity index (χ1n) is 7.69. The Balaban J connectivity index is 1.99. The molecule has 1 unspecified atom stereocenters. The van der Waals surface area contributed by atoms with Crippen LogP contribution in [-0.2, 0) is 14.8 Å². The van der Waals surface area contributed by atoms with Gasteiger partial charge in [-0.05, 0) is 25.3 Å². The molecule has 0 radical (unpaired) electrons. The van der Waals surface area contributed by atoms with Gasteiger partial charge in [0.15, 0.2) is 0 Å². The van der Waals surface area contributed by atoms with Crippen molar-refractivity contribution in [1.29, 1.82) is 0 Å². The highest BCUT2D eigenvalue weighted by Crippen LogP contribution is 2.25. The second-order valence-electron chi connectivity index (χ2n) is 5.95. The number of rotatable bonds is 6. The number of carbonyl (C=O) groups excluding carboxylic acids is 1. The molecule has 1 aromatic rings. The summed E-state index contributed by atoms with van der Waals surface area (Å²) in [4.78, 5) is 12.2. The molecule has 0 heterocycles. The van der Waals surface area contributed by atoms with Crippen LogP contribution in [0.5, 0.6) is 0 Å². The number of carbonyl (C=O) groups is 1. The smallest absolute Gasteiger partial charge is 0.235 e. The van der Waals surface area contributed by atoms with Gasteiger partial charge < -0.3 is 5.32 Å². The lowest BCUT2D eigenvalue weighted by molar-refractivity contribution is -0.122. The summed E-state index contributed by atoms with van der Waals surface area (Å²) in [7, 11) is -3.37. The maximum absolute atomic E-state index is 12.2. The van der Waals surface area contributed by atoms with E-state index >= 15 is 0 Å². The lowest BCUT2D eigenvalue weighted by Gasteiger charge is -2.26. The van der Waals surface area contributed by atoms with Crippen LogP contribution >= 0.6 is 0 Å². The zero-order valence-electron chi connectivity index (χ0n) is 13.2. The van der Waals surface area contributed by atoms with E-state index in [-0.39, 0.29) is 24.5 Å². The van der Waals surface area contributed by atoms with Crippen molar-refractivity contribution in [2.75, 3.05) is 12.8 Å². The predicted molar refractivity (Wildman–Crippen MR) is 86.8 cm³/mol. The number of amides is 1. The zero-order chi connectivity index (χ0) is 16.2. The van der Waals surface area contributed by atoms with Gasteiger partial charge in [0.05, 0.1) is 18.8 Å². The first-order chi connectivity index (χ1) is 10.4.